The largest absolute Gasteiger partial charge is 0.480 e. The number of nitrogens with one attached hydrogen (secondary N) is 1. The van der Waals surface area contributed by atoms with E-state index in [1.165, 1.54) is 11.0 Å². The van der Waals surface area contributed by atoms with Crippen molar-refractivity contribution in [3.05, 3.63) is 60.2 Å². The van der Waals surface area contributed by atoms with Crippen molar-refractivity contribution in [1.82, 2.24) is 10.2 Å². The van der Waals surface area contributed by atoms with Crippen LogP contribution in [0.2, 0.25) is 0 Å². The fourth-order valence-electron chi connectivity index (χ4n) is 2.36. The third-order valence-electron chi connectivity index (χ3n) is 3.70. The number of carbonyl (C=O) groups is 3. The molecule has 3 N–H and O–H groups in total. The number of aliphatic carboxylic acids is 2. The first-order chi connectivity index (χ1) is 12.5. The number of ether oxygens (including phenoxy) is 1. The molecule has 8 heteroatoms. The van der Waals surface area contributed by atoms with E-state index in [1.807, 2.05) is 30.3 Å². The summed E-state index contributed by atoms with van der Waals surface area (Å²) in [5, 5.41) is 20.0. The van der Waals surface area contributed by atoms with Crippen molar-refractivity contribution in [2.45, 2.75) is 18.7 Å². The number of rotatable bonds is 4. The van der Waals surface area contributed by atoms with Crippen LogP contribution >= 0.6 is 0 Å². The Morgan fingerprint density at radius 2 is 1.81 bits per heavy atom. The van der Waals surface area contributed by atoms with Crippen LogP contribution in [0.15, 0.2) is 54.6 Å². The van der Waals surface area contributed by atoms with Crippen molar-refractivity contribution in [2.75, 3.05) is 13.1 Å². The van der Waals surface area contributed by atoms with Gasteiger partial charge in [0.25, 0.3) is 0 Å². The van der Waals surface area contributed by atoms with Crippen LogP contribution in [0.4, 0.5) is 4.79 Å². The molecule has 0 aromatic heterocycles. The number of hydrogen-bond donors (Lipinski definition) is 3. The maximum atomic E-state index is 11.7. The predicted octanol–water partition coefficient (Wildman–Crippen LogP) is 1.25. The van der Waals surface area contributed by atoms with E-state index >= 15 is 0 Å². The lowest BCUT2D eigenvalue weighted by atomic mass is 10.2. The Kier molecular flexibility index (Phi) is 6.92. The number of benzene rings is 1. The van der Waals surface area contributed by atoms with E-state index in [4.69, 9.17) is 14.9 Å². The average molecular weight is 360 g/mol. The van der Waals surface area contributed by atoms with E-state index in [2.05, 4.69) is 5.32 Å². The highest BCUT2D eigenvalue weighted by Crippen LogP contribution is 2.12. The van der Waals surface area contributed by atoms with E-state index < -0.39 is 30.1 Å². The minimum Gasteiger partial charge on any atom is -0.480 e. The SMILES string of the molecule is O=C(O)[C@@H]1C=CCN1.O=C(O)[C@@H]1C=CCN1C(=O)OCc1ccccc1. The van der Waals surface area contributed by atoms with Crippen molar-refractivity contribution in [3.63, 3.8) is 0 Å². The van der Waals surface area contributed by atoms with Crippen molar-refractivity contribution in [2.24, 2.45) is 0 Å². The molecule has 0 radical (unpaired) electrons. The number of carboxylic acids is 2. The Balaban J connectivity index is 0.000000254. The van der Waals surface area contributed by atoms with Crippen LogP contribution < -0.4 is 5.32 Å². The monoisotopic (exact) mass is 360 g/mol. The normalized spacial score (nSPS) is 20.4. The van der Waals surface area contributed by atoms with E-state index in [-0.39, 0.29) is 13.2 Å². The summed E-state index contributed by atoms with van der Waals surface area (Å²) in [7, 11) is 0. The molecule has 2 aliphatic heterocycles. The molecule has 0 saturated carbocycles. The molecule has 0 bridgehead atoms. The molecular weight excluding hydrogens is 340 g/mol. The zero-order valence-corrected chi connectivity index (χ0v) is 13.9. The smallest absolute Gasteiger partial charge is 0.411 e. The molecule has 2 atom stereocenters. The summed E-state index contributed by atoms with van der Waals surface area (Å²) in [6.07, 6.45) is 5.95. The Morgan fingerprint density at radius 1 is 1.08 bits per heavy atom. The number of carbonyl (C=O) groups excluding carboxylic acids is 1. The predicted molar refractivity (Wildman–Crippen MR) is 92.5 cm³/mol. The second kappa shape index (κ2) is 9.38. The Hall–Kier alpha value is -3.13. The fourth-order valence-corrected chi connectivity index (χ4v) is 2.36. The van der Waals surface area contributed by atoms with Crippen molar-refractivity contribution >= 4 is 18.0 Å². The van der Waals surface area contributed by atoms with Gasteiger partial charge in [-0.25, -0.2) is 9.59 Å². The lowest BCUT2D eigenvalue weighted by Crippen LogP contribution is -2.41. The zero-order chi connectivity index (χ0) is 18.9. The molecule has 2 heterocycles. The van der Waals surface area contributed by atoms with Gasteiger partial charge in [0.1, 0.15) is 12.6 Å². The number of nitrogens with zero attached hydrogens (tertiary/aromatic N) is 1. The molecule has 26 heavy (non-hydrogen) atoms. The summed E-state index contributed by atoms with van der Waals surface area (Å²) in [5.41, 5.74) is 0.866. The zero-order valence-electron chi connectivity index (χ0n) is 13.9. The molecule has 3 rings (SSSR count). The number of hydrogen-bond acceptors (Lipinski definition) is 5. The summed E-state index contributed by atoms with van der Waals surface area (Å²) >= 11 is 0. The highest BCUT2D eigenvalue weighted by atomic mass is 16.6. The topological polar surface area (TPSA) is 116 Å². The lowest BCUT2D eigenvalue weighted by molar-refractivity contribution is -0.140. The summed E-state index contributed by atoms with van der Waals surface area (Å²) in [5.74, 6) is -1.86. The summed E-state index contributed by atoms with van der Waals surface area (Å²) in [4.78, 5) is 33.9. The minimum absolute atomic E-state index is 0.141. The van der Waals surface area contributed by atoms with Gasteiger partial charge in [0.2, 0.25) is 0 Å². The number of amides is 1. The van der Waals surface area contributed by atoms with Crippen LogP contribution in [-0.4, -0.2) is 58.3 Å². The molecule has 2 aliphatic rings. The van der Waals surface area contributed by atoms with Gasteiger partial charge in [-0.15, -0.1) is 0 Å². The van der Waals surface area contributed by atoms with Gasteiger partial charge in [-0.05, 0) is 5.56 Å². The van der Waals surface area contributed by atoms with E-state index in [0.29, 0.717) is 6.54 Å². The Bertz CT molecular complexity index is 701. The summed E-state index contributed by atoms with van der Waals surface area (Å²) < 4.78 is 5.08. The van der Waals surface area contributed by atoms with Gasteiger partial charge < -0.3 is 14.9 Å². The molecule has 0 saturated heterocycles. The highest BCUT2D eigenvalue weighted by Gasteiger charge is 2.31. The average Bonchev–Trinajstić information content (AvgIpc) is 3.32. The van der Waals surface area contributed by atoms with Gasteiger partial charge in [-0.1, -0.05) is 54.6 Å². The van der Waals surface area contributed by atoms with Crippen LogP contribution in [0.1, 0.15) is 5.56 Å². The van der Waals surface area contributed by atoms with Crippen molar-refractivity contribution in [3.8, 4) is 0 Å². The molecule has 1 aromatic rings. The maximum Gasteiger partial charge on any atom is 0.411 e. The summed E-state index contributed by atoms with van der Waals surface area (Å²) in [6, 6.07) is 7.87. The van der Waals surface area contributed by atoms with Crippen LogP contribution in [0.25, 0.3) is 0 Å². The second-order valence-electron chi connectivity index (χ2n) is 5.56. The van der Waals surface area contributed by atoms with Gasteiger partial charge in [-0.3, -0.25) is 15.0 Å². The Labute approximate surface area is 150 Å². The molecule has 0 aliphatic carbocycles. The van der Waals surface area contributed by atoms with Crippen molar-refractivity contribution in [1.29, 1.82) is 0 Å². The van der Waals surface area contributed by atoms with Gasteiger partial charge in [-0.2, -0.15) is 0 Å². The molecular formula is C18H20N2O6. The minimum atomic E-state index is -1.06. The van der Waals surface area contributed by atoms with Crippen LogP contribution in [0, 0.1) is 0 Å². The molecule has 0 fully saturated rings. The first-order valence-corrected chi connectivity index (χ1v) is 7.98. The van der Waals surface area contributed by atoms with Gasteiger partial charge in [0.05, 0.1) is 0 Å². The first-order valence-electron chi connectivity index (χ1n) is 7.98. The lowest BCUT2D eigenvalue weighted by Gasteiger charge is -2.20. The van der Waals surface area contributed by atoms with Gasteiger partial charge >= 0.3 is 18.0 Å². The number of carboxylic acid groups (broad SMARTS) is 2. The quantitative estimate of drug-likeness (QED) is 0.692. The van der Waals surface area contributed by atoms with Crippen LogP contribution in [0.5, 0.6) is 0 Å². The van der Waals surface area contributed by atoms with Crippen LogP contribution in [0.3, 0.4) is 0 Å². The highest BCUT2D eigenvalue weighted by molar-refractivity contribution is 5.83. The Morgan fingerprint density at radius 3 is 2.35 bits per heavy atom. The molecule has 138 valence electrons. The van der Waals surface area contributed by atoms with E-state index in [0.717, 1.165) is 5.56 Å². The second-order valence-corrected chi connectivity index (χ2v) is 5.56. The fraction of sp³-hybridized carbons (Fsp3) is 0.278. The first kappa shape index (κ1) is 19.2. The third kappa shape index (κ3) is 5.45. The molecule has 8 nitrogen and oxygen atoms in total. The third-order valence-corrected chi connectivity index (χ3v) is 3.70. The standard InChI is InChI=1S/C13H13NO4.C5H7NO2/c15-12(16)11-7-4-8-14(11)13(17)18-9-10-5-2-1-3-6-10;7-5(8)4-2-1-3-6-4/h1-7,11H,8-9H2,(H,15,16);1-2,4,6H,3H2,(H,7,8)/t11-;4-/m00/s1. The molecule has 1 amide bonds. The molecule has 0 unspecified atom stereocenters. The van der Waals surface area contributed by atoms with Crippen LogP contribution in [-0.2, 0) is 20.9 Å². The maximum absolute atomic E-state index is 11.7. The summed E-state index contributed by atoms with van der Waals surface area (Å²) in [6.45, 7) is 1.09. The molecule has 1 aromatic carbocycles. The van der Waals surface area contributed by atoms with E-state index in [9.17, 15) is 14.4 Å². The van der Waals surface area contributed by atoms with Crippen molar-refractivity contribution < 1.29 is 29.3 Å². The van der Waals surface area contributed by atoms with Gasteiger partial charge in [0.15, 0.2) is 6.04 Å². The van der Waals surface area contributed by atoms with E-state index in [1.54, 1.807) is 18.2 Å². The molecule has 0 spiro atoms. The van der Waals surface area contributed by atoms with Gasteiger partial charge in [0, 0.05) is 13.1 Å².